The number of aldehydes is 1. The van der Waals surface area contributed by atoms with Gasteiger partial charge in [0.15, 0.2) is 12.6 Å². The number of ether oxygens (including phenoxy) is 4. The Hall–Kier alpha value is -0.950. The topological polar surface area (TPSA) is 74.2 Å². The van der Waals surface area contributed by atoms with Crippen LogP contribution in [0.3, 0.4) is 0 Å². The van der Waals surface area contributed by atoms with Crippen LogP contribution >= 0.6 is 0 Å². The molecule has 208 valence electrons. The van der Waals surface area contributed by atoms with Crippen molar-refractivity contribution in [2.45, 2.75) is 128 Å². The molecule has 37 heavy (non-hydrogen) atoms. The molecule has 2 aliphatic heterocycles. The third-order valence-corrected chi connectivity index (χ3v) is 10.6. The van der Waals surface area contributed by atoms with E-state index in [4.69, 9.17) is 18.9 Å². The van der Waals surface area contributed by atoms with Crippen molar-refractivity contribution in [2.75, 3.05) is 13.2 Å². The van der Waals surface area contributed by atoms with Crippen molar-refractivity contribution in [3.05, 3.63) is 11.8 Å². The summed E-state index contributed by atoms with van der Waals surface area (Å²) in [7, 11) is 0. The van der Waals surface area contributed by atoms with Crippen molar-refractivity contribution in [1.82, 2.24) is 0 Å². The molecule has 7 rings (SSSR count). The summed E-state index contributed by atoms with van der Waals surface area (Å²) in [6, 6.07) is 0. The van der Waals surface area contributed by atoms with Crippen LogP contribution in [0.4, 0.5) is 0 Å². The molecule has 0 spiro atoms. The lowest BCUT2D eigenvalue weighted by atomic mass is 9.48. The second kappa shape index (κ2) is 11.7. The minimum absolute atomic E-state index is 0.146. The molecule has 7 fully saturated rings. The lowest BCUT2D eigenvalue weighted by molar-refractivity contribution is -0.201. The molecule has 6 heteroatoms. The van der Waals surface area contributed by atoms with Gasteiger partial charge in [0.2, 0.25) is 0 Å². The Balaban J connectivity index is 1.21. The van der Waals surface area contributed by atoms with Crippen molar-refractivity contribution in [2.24, 2.45) is 35.0 Å². The molecule has 2 heterocycles. The third kappa shape index (κ3) is 5.97. The molecule has 2 saturated heterocycles. The Kier molecular flexibility index (Phi) is 8.28. The first-order valence-corrected chi connectivity index (χ1v) is 15.5. The van der Waals surface area contributed by atoms with Crippen LogP contribution in [0, 0.1) is 35.0 Å². The van der Waals surface area contributed by atoms with E-state index in [0.29, 0.717) is 18.3 Å². The van der Waals surface area contributed by atoms with Crippen LogP contribution in [0.5, 0.6) is 0 Å². The smallest absolute Gasteiger partial charge is 0.199 e. The highest BCUT2D eigenvalue weighted by molar-refractivity contribution is 5.50. The number of allylic oxidation sites excluding steroid dienone is 1. The van der Waals surface area contributed by atoms with Crippen LogP contribution in [0.25, 0.3) is 0 Å². The zero-order chi connectivity index (χ0) is 25.2. The molecule has 0 aromatic rings. The van der Waals surface area contributed by atoms with Gasteiger partial charge in [0.1, 0.15) is 12.0 Å². The Bertz CT molecular complexity index is 762. The van der Waals surface area contributed by atoms with Gasteiger partial charge < -0.3 is 28.8 Å². The molecule has 4 bridgehead atoms. The Labute approximate surface area is 222 Å². The zero-order valence-corrected chi connectivity index (χ0v) is 22.6. The quantitative estimate of drug-likeness (QED) is 0.288. The van der Waals surface area contributed by atoms with Gasteiger partial charge in [-0.1, -0.05) is 0 Å². The maximum absolute atomic E-state index is 11.7. The van der Waals surface area contributed by atoms with E-state index in [-0.39, 0.29) is 30.5 Å². The fourth-order valence-corrected chi connectivity index (χ4v) is 9.37. The summed E-state index contributed by atoms with van der Waals surface area (Å²) in [5.74, 6) is 3.42. The maximum Gasteiger partial charge on any atom is 0.199 e. The molecule has 5 saturated carbocycles. The van der Waals surface area contributed by atoms with E-state index < -0.39 is 6.10 Å². The number of hydrogen-bond donors (Lipinski definition) is 1. The van der Waals surface area contributed by atoms with Gasteiger partial charge in [-0.2, -0.15) is 0 Å². The average molecular weight is 517 g/mol. The second-order valence-corrected chi connectivity index (χ2v) is 13.3. The number of carbonyl (C=O) groups excluding carboxylic acids is 1. The summed E-state index contributed by atoms with van der Waals surface area (Å²) in [5, 5.41) is 11.0. The molecular weight excluding hydrogens is 468 g/mol. The first kappa shape index (κ1) is 26.3. The van der Waals surface area contributed by atoms with Crippen molar-refractivity contribution in [3.63, 3.8) is 0 Å². The van der Waals surface area contributed by atoms with Crippen molar-refractivity contribution < 1.29 is 28.8 Å². The molecule has 5 aliphatic carbocycles. The van der Waals surface area contributed by atoms with Gasteiger partial charge in [0, 0.05) is 37.7 Å². The predicted octanol–water partition coefficient (Wildman–Crippen LogP) is 5.91. The molecule has 1 N–H and O–H groups in total. The fourth-order valence-electron chi connectivity index (χ4n) is 9.37. The molecule has 0 amide bonds. The molecule has 0 aromatic carbocycles. The van der Waals surface area contributed by atoms with Gasteiger partial charge in [-0.15, -0.1) is 0 Å². The predicted molar refractivity (Wildman–Crippen MR) is 139 cm³/mol. The van der Waals surface area contributed by atoms with Crippen LogP contribution in [0.2, 0.25) is 0 Å². The van der Waals surface area contributed by atoms with E-state index >= 15 is 0 Å². The van der Waals surface area contributed by atoms with Gasteiger partial charge in [-0.3, -0.25) is 0 Å². The van der Waals surface area contributed by atoms with E-state index in [1.807, 2.05) is 0 Å². The Morgan fingerprint density at radius 2 is 1.54 bits per heavy atom. The van der Waals surface area contributed by atoms with Gasteiger partial charge in [0.05, 0.1) is 18.8 Å². The highest BCUT2D eigenvalue weighted by atomic mass is 16.7. The van der Waals surface area contributed by atoms with Crippen LogP contribution in [0.1, 0.15) is 103 Å². The first-order valence-electron chi connectivity index (χ1n) is 15.5. The van der Waals surface area contributed by atoms with Crippen molar-refractivity contribution in [3.8, 4) is 0 Å². The monoisotopic (exact) mass is 516 g/mol. The average Bonchev–Trinajstić information content (AvgIpc) is 3.18. The van der Waals surface area contributed by atoms with Crippen molar-refractivity contribution in [1.29, 1.82) is 0 Å². The highest BCUT2D eigenvalue weighted by Gasteiger charge is 2.51. The van der Waals surface area contributed by atoms with Crippen LogP contribution in [0.15, 0.2) is 11.8 Å². The van der Waals surface area contributed by atoms with Crippen LogP contribution in [-0.2, 0) is 23.7 Å². The number of aliphatic hydroxyl groups excluding tert-OH is 1. The summed E-state index contributed by atoms with van der Waals surface area (Å²) in [4.78, 5) is 11.7. The summed E-state index contributed by atoms with van der Waals surface area (Å²) in [6.07, 6.45) is 19.8. The molecule has 2 unspecified atom stereocenters. The molecule has 0 aromatic heterocycles. The van der Waals surface area contributed by atoms with E-state index in [1.54, 1.807) is 0 Å². The van der Waals surface area contributed by atoms with E-state index in [1.165, 1.54) is 44.9 Å². The number of aliphatic hydroxyl groups is 1. The molecule has 0 radical (unpaired) electrons. The van der Waals surface area contributed by atoms with Gasteiger partial charge in [-0.25, -0.2) is 0 Å². The summed E-state index contributed by atoms with van der Waals surface area (Å²) < 4.78 is 25.0. The van der Waals surface area contributed by atoms with Crippen LogP contribution < -0.4 is 0 Å². The minimum Gasteiger partial charge on any atom is -0.469 e. The molecule has 6 atom stereocenters. The summed E-state index contributed by atoms with van der Waals surface area (Å²) in [5.41, 5.74) is 0.515. The lowest BCUT2D eigenvalue weighted by Crippen LogP contribution is -2.45. The largest absolute Gasteiger partial charge is 0.469 e. The molecule has 6 nitrogen and oxygen atoms in total. The standard InChI is InChI=1S/C31H48O6/c32-11-9-24-25(33)17-27(37-29-8-2-4-13-35-29)30(24)26(36-28-7-1-3-12-34-28)6-5-10-31-18-21-14-22(19-31)16-23(15-21)20-31/h6,11,21-25,27-30,33H,1-5,7-10,12-20H2/t21?,22?,23?,24-,25-,27+,28?,29?,30-,31?/m1/s1. The SMILES string of the molecule is O=CC[C@H]1[C@H](C(=CCCC23CC4CC(CC(C4)C2)C3)OC2CCCCO2)[C@@H](OC2CCCCO2)C[C@H]1O. The summed E-state index contributed by atoms with van der Waals surface area (Å²) in [6.45, 7) is 1.45. The van der Waals surface area contributed by atoms with E-state index in [0.717, 1.165) is 88.0 Å². The van der Waals surface area contributed by atoms with Crippen LogP contribution in [-0.4, -0.2) is 49.4 Å². The van der Waals surface area contributed by atoms with Gasteiger partial charge >= 0.3 is 0 Å². The third-order valence-electron chi connectivity index (χ3n) is 10.6. The highest BCUT2D eigenvalue weighted by Crippen LogP contribution is 2.61. The minimum atomic E-state index is -0.578. The zero-order valence-electron chi connectivity index (χ0n) is 22.6. The molecule has 7 aliphatic rings. The Morgan fingerprint density at radius 3 is 2.14 bits per heavy atom. The van der Waals surface area contributed by atoms with E-state index in [2.05, 4.69) is 6.08 Å². The molecular formula is C31H48O6. The summed E-state index contributed by atoms with van der Waals surface area (Å²) >= 11 is 0. The second-order valence-electron chi connectivity index (χ2n) is 13.3. The Morgan fingerprint density at radius 1 is 0.892 bits per heavy atom. The first-order chi connectivity index (χ1) is 18.1. The lowest BCUT2D eigenvalue weighted by Gasteiger charge is -2.57. The van der Waals surface area contributed by atoms with Crippen molar-refractivity contribution >= 4 is 6.29 Å². The normalized spacial score (nSPS) is 45.8. The maximum atomic E-state index is 11.7. The fraction of sp³-hybridized carbons (Fsp3) is 0.903. The number of hydrogen-bond acceptors (Lipinski definition) is 6. The van der Waals surface area contributed by atoms with Gasteiger partial charge in [-0.05, 0) is 113 Å². The van der Waals surface area contributed by atoms with Gasteiger partial charge in [0.25, 0.3) is 0 Å². The van der Waals surface area contributed by atoms with E-state index in [9.17, 15) is 9.90 Å². The number of rotatable bonds is 10. The number of carbonyl (C=O) groups is 1.